The van der Waals surface area contributed by atoms with Gasteiger partial charge in [0.2, 0.25) is 5.91 Å². The van der Waals surface area contributed by atoms with Gasteiger partial charge in [-0.05, 0) is 55.3 Å². The second-order valence-electron chi connectivity index (χ2n) is 5.81. The normalized spacial score (nSPS) is 10.3. The molecule has 0 aliphatic heterocycles. The lowest BCUT2D eigenvalue weighted by Gasteiger charge is -2.09. The zero-order valence-corrected chi connectivity index (χ0v) is 15.4. The Morgan fingerprint density at radius 1 is 1.23 bits per heavy atom. The van der Waals surface area contributed by atoms with Crippen molar-refractivity contribution in [2.45, 2.75) is 19.0 Å². The minimum Gasteiger partial charge on any atom is -0.325 e. The number of hydrogen-bond acceptors (Lipinski definition) is 4. The maximum Gasteiger partial charge on any atom is 0.234 e. The van der Waals surface area contributed by atoms with Crippen molar-refractivity contribution >= 4 is 23.4 Å². The highest BCUT2D eigenvalue weighted by Crippen LogP contribution is 2.21. The van der Waals surface area contributed by atoms with E-state index in [1.807, 2.05) is 22.8 Å². The smallest absolute Gasteiger partial charge is 0.234 e. The molecule has 0 saturated heterocycles. The van der Waals surface area contributed by atoms with E-state index in [0.717, 1.165) is 11.3 Å². The average molecular weight is 362 g/mol. The van der Waals surface area contributed by atoms with Gasteiger partial charge in [-0.2, -0.15) is 0 Å². The fourth-order valence-electron chi connectivity index (χ4n) is 2.39. The van der Waals surface area contributed by atoms with Crippen molar-refractivity contribution in [1.29, 1.82) is 0 Å². The van der Waals surface area contributed by atoms with Gasteiger partial charge in [-0.15, -0.1) is 16.6 Å². The fourth-order valence-corrected chi connectivity index (χ4v) is 3.12. The van der Waals surface area contributed by atoms with Gasteiger partial charge >= 0.3 is 0 Å². The topological polar surface area (TPSA) is 59.8 Å². The van der Waals surface area contributed by atoms with E-state index in [1.54, 1.807) is 18.5 Å². The molecule has 0 aliphatic rings. The van der Waals surface area contributed by atoms with Gasteiger partial charge in [-0.25, -0.2) is 0 Å². The summed E-state index contributed by atoms with van der Waals surface area (Å²) in [6.07, 6.45) is 7.03. The van der Waals surface area contributed by atoms with Gasteiger partial charge in [-0.1, -0.05) is 29.8 Å². The molecular weight excluding hydrogens is 344 g/mol. The van der Waals surface area contributed by atoms with Gasteiger partial charge < -0.3 is 5.32 Å². The Kier molecular flexibility index (Phi) is 5.40. The lowest BCUT2D eigenvalue weighted by Crippen LogP contribution is -2.14. The summed E-state index contributed by atoms with van der Waals surface area (Å²) < 4.78 is 1.88. The molecule has 0 aliphatic carbocycles. The quantitative estimate of drug-likeness (QED) is 0.556. The first-order valence-electron chi connectivity index (χ1n) is 8.04. The van der Waals surface area contributed by atoms with E-state index < -0.39 is 0 Å². The third-order valence-corrected chi connectivity index (χ3v) is 4.87. The number of aromatic nitrogens is 3. The SMILES string of the molecule is C#Cc1cccc(NC(=O)CSc2nncn2-c2ccc(C)c(C)c2)c1. The number of anilines is 1. The molecule has 0 atom stereocenters. The van der Waals surface area contributed by atoms with Crippen LogP contribution in [-0.2, 0) is 4.79 Å². The maximum atomic E-state index is 12.2. The van der Waals surface area contributed by atoms with Crippen molar-refractivity contribution in [2.24, 2.45) is 0 Å². The predicted molar refractivity (Wildman–Crippen MR) is 105 cm³/mol. The monoisotopic (exact) mass is 362 g/mol. The third kappa shape index (κ3) is 4.13. The van der Waals surface area contributed by atoms with Gasteiger partial charge in [0.05, 0.1) is 5.75 Å². The molecule has 0 saturated carbocycles. The lowest BCUT2D eigenvalue weighted by atomic mass is 10.1. The Hall–Kier alpha value is -3.04. The molecule has 0 fully saturated rings. The number of terminal acetylenes is 1. The van der Waals surface area contributed by atoms with Crippen molar-refractivity contribution < 1.29 is 4.79 Å². The molecular formula is C20H18N4OS. The van der Waals surface area contributed by atoms with E-state index in [0.29, 0.717) is 10.8 Å². The summed E-state index contributed by atoms with van der Waals surface area (Å²) in [5.74, 6) is 2.65. The second kappa shape index (κ2) is 7.89. The van der Waals surface area contributed by atoms with Gasteiger partial charge in [-0.3, -0.25) is 9.36 Å². The number of nitrogens with zero attached hydrogens (tertiary/aromatic N) is 3. The van der Waals surface area contributed by atoms with Crippen LogP contribution in [0.4, 0.5) is 5.69 Å². The Morgan fingerprint density at radius 2 is 2.08 bits per heavy atom. The third-order valence-electron chi connectivity index (χ3n) is 3.93. The van der Waals surface area contributed by atoms with Crippen molar-refractivity contribution in [2.75, 3.05) is 11.1 Å². The molecule has 26 heavy (non-hydrogen) atoms. The lowest BCUT2D eigenvalue weighted by molar-refractivity contribution is -0.113. The van der Waals surface area contributed by atoms with Crippen molar-refractivity contribution in [3.05, 3.63) is 65.5 Å². The van der Waals surface area contributed by atoms with Crippen molar-refractivity contribution in [3.8, 4) is 18.0 Å². The Balaban J connectivity index is 1.67. The summed E-state index contributed by atoms with van der Waals surface area (Å²) in [6, 6.07) is 13.4. The molecule has 1 N–H and O–H groups in total. The first kappa shape index (κ1) is 17.8. The minimum atomic E-state index is -0.126. The largest absolute Gasteiger partial charge is 0.325 e. The molecule has 2 aromatic carbocycles. The van der Waals surface area contributed by atoms with Crippen LogP contribution in [0.2, 0.25) is 0 Å². The molecule has 3 rings (SSSR count). The molecule has 1 heterocycles. The number of hydrogen-bond donors (Lipinski definition) is 1. The van der Waals surface area contributed by atoms with Crippen LogP contribution < -0.4 is 5.32 Å². The van der Waals surface area contributed by atoms with E-state index >= 15 is 0 Å². The van der Waals surface area contributed by atoms with Crippen LogP contribution in [0.1, 0.15) is 16.7 Å². The van der Waals surface area contributed by atoms with Gasteiger partial charge in [0.25, 0.3) is 0 Å². The van der Waals surface area contributed by atoms with Crippen molar-refractivity contribution in [3.63, 3.8) is 0 Å². The Labute approximate surface area is 156 Å². The second-order valence-corrected chi connectivity index (χ2v) is 6.76. The summed E-state index contributed by atoms with van der Waals surface area (Å²) in [5.41, 5.74) is 4.80. The molecule has 5 nitrogen and oxygen atoms in total. The standard InChI is InChI=1S/C20H18N4OS/c1-4-16-6-5-7-17(11-16)22-19(25)12-26-20-23-21-13-24(20)18-9-8-14(2)15(3)10-18/h1,5-11,13H,12H2,2-3H3,(H,22,25). The Morgan fingerprint density at radius 3 is 2.85 bits per heavy atom. The number of carbonyl (C=O) groups is 1. The van der Waals surface area contributed by atoms with Crippen LogP contribution in [0.15, 0.2) is 53.9 Å². The summed E-state index contributed by atoms with van der Waals surface area (Å²) in [7, 11) is 0. The highest BCUT2D eigenvalue weighted by molar-refractivity contribution is 7.99. The van der Waals surface area contributed by atoms with Gasteiger partial charge in [0.15, 0.2) is 5.16 Å². The summed E-state index contributed by atoms with van der Waals surface area (Å²) >= 11 is 1.33. The molecule has 0 spiro atoms. The van der Waals surface area contributed by atoms with E-state index in [-0.39, 0.29) is 11.7 Å². The zero-order valence-electron chi connectivity index (χ0n) is 14.6. The number of carbonyl (C=O) groups excluding carboxylic acids is 1. The molecule has 0 radical (unpaired) electrons. The van der Waals surface area contributed by atoms with E-state index in [2.05, 4.69) is 47.4 Å². The first-order valence-corrected chi connectivity index (χ1v) is 9.02. The summed E-state index contributed by atoms with van der Waals surface area (Å²) in [5, 5.41) is 11.6. The van der Waals surface area contributed by atoms with Gasteiger partial charge in [0.1, 0.15) is 6.33 Å². The maximum absolute atomic E-state index is 12.2. The van der Waals surface area contributed by atoms with Crippen LogP contribution in [0.25, 0.3) is 5.69 Å². The summed E-state index contributed by atoms with van der Waals surface area (Å²) in [6.45, 7) is 4.13. The number of nitrogens with one attached hydrogen (secondary N) is 1. The van der Waals surface area contributed by atoms with Crippen LogP contribution in [0, 0.1) is 26.2 Å². The first-order chi connectivity index (χ1) is 12.6. The van der Waals surface area contributed by atoms with Crippen LogP contribution >= 0.6 is 11.8 Å². The van der Waals surface area contributed by atoms with Crippen LogP contribution in [0.5, 0.6) is 0 Å². The van der Waals surface area contributed by atoms with Gasteiger partial charge in [0, 0.05) is 16.9 Å². The zero-order chi connectivity index (χ0) is 18.5. The number of aryl methyl sites for hydroxylation is 2. The molecule has 6 heteroatoms. The molecule has 0 bridgehead atoms. The number of benzene rings is 2. The van der Waals surface area contributed by atoms with Crippen LogP contribution in [-0.4, -0.2) is 26.4 Å². The van der Waals surface area contributed by atoms with E-state index in [4.69, 9.17) is 6.42 Å². The fraction of sp³-hybridized carbons (Fsp3) is 0.150. The molecule has 0 unspecified atom stereocenters. The predicted octanol–water partition coefficient (Wildman–Crippen LogP) is 3.60. The average Bonchev–Trinajstić information content (AvgIpc) is 3.11. The van der Waals surface area contributed by atoms with Crippen LogP contribution in [0.3, 0.4) is 0 Å². The molecule has 1 aromatic heterocycles. The molecule has 130 valence electrons. The molecule has 1 amide bonds. The number of rotatable bonds is 5. The highest BCUT2D eigenvalue weighted by atomic mass is 32.2. The van der Waals surface area contributed by atoms with Crippen molar-refractivity contribution in [1.82, 2.24) is 14.8 Å². The Bertz CT molecular complexity index is 987. The highest BCUT2D eigenvalue weighted by Gasteiger charge is 2.11. The minimum absolute atomic E-state index is 0.126. The summed E-state index contributed by atoms with van der Waals surface area (Å²) in [4.78, 5) is 12.2. The number of amides is 1. The van der Waals surface area contributed by atoms with E-state index in [9.17, 15) is 4.79 Å². The van der Waals surface area contributed by atoms with E-state index in [1.165, 1.54) is 22.9 Å². The molecule has 3 aromatic rings. The number of thioether (sulfide) groups is 1.